The Hall–Kier alpha value is -2.02. The Labute approximate surface area is 147 Å². The lowest BCUT2D eigenvalue weighted by atomic mass is 9.77. The number of hydrogen-bond acceptors (Lipinski definition) is 1. The molecule has 1 nitrogen and oxygen atoms in total. The first-order chi connectivity index (χ1) is 11.1. The highest BCUT2D eigenvalue weighted by molar-refractivity contribution is 5.53. The normalized spacial score (nSPS) is 12.8. The van der Waals surface area contributed by atoms with Gasteiger partial charge in [0.2, 0.25) is 0 Å². The van der Waals surface area contributed by atoms with Gasteiger partial charge in [-0.15, -0.1) is 0 Å². The number of rotatable bonds is 3. The molecule has 1 heteroatoms. The molecule has 0 heterocycles. The SMILES string of the molecule is CC(C)(C)c1cc(O)c(C/C=C/c2ccccc2)c(C(C)(C)C)c1. The molecule has 2 rings (SSSR count). The summed E-state index contributed by atoms with van der Waals surface area (Å²) < 4.78 is 0. The van der Waals surface area contributed by atoms with Crippen LogP contribution in [0.4, 0.5) is 0 Å². The Morgan fingerprint density at radius 2 is 1.50 bits per heavy atom. The first-order valence-corrected chi connectivity index (χ1v) is 8.67. The molecule has 0 aliphatic carbocycles. The van der Waals surface area contributed by atoms with Crippen LogP contribution in [0.1, 0.15) is 63.8 Å². The zero-order chi connectivity index (χ0) is 18.0. The van der Waals surface area contributed by atoms with Gasteiger partial charge in [-0.05, 0) is 40.0 Å². The predicted molar refractivity (Wildman–Crippen MR) is 105 cm³/mol. The highest BCUT2D eigenvalue weighted by Gasteiger charge is 2.24. The summed E-state index contributed by atoms with van der Waals surface area (Å²) in [6.07, 6.45) is 4.98. The van der Waals surface area contributed by atoms with Crippen molar-refractivity contribution in [3.8, 4) is 5.75 Å². The topological polar surface area (TPSA) is 20.2 Å². The average Bonchev–Trinajstić information content (AvgIpc) is 2.47. The molecule has 128 valence electrons. The van der Waals surface area contributed by atoms with Gasteiger partial charge in [0.25, 0.3) is 0 Å². The van der Waals surface area contributed by atoms with Crippen LogP contribution in [0.5, 0.6) is 5.75 Å². The molecule has 0 fully saturated rings. The lowest BCUT2D eigenvalue weighted by Crippen LogP contribution is -2.18. The van der Waals surface area contributed by atoms with Crippen molar-refractivity contribution in [2.45, 2.75) is 58.8 Å². The monoisotopic (exact) mass is 322 g/mol. The molecule has 0 bridgehead atoms. The Balaban J connectivity index is 2.40. The van der Waals surface area contributed by atoms with Gasteiger partial charge in [-0.1, -0.05) is 90.1 Å². The largest absolute Gasteiger partial charge is 0.508 e. The lowest BCUT2D eigenvalue weighted by molar-refractivity contribution is 0.458. The zero-order valence-electron chi connectivity index (χ0n) is 15.9. The summed E-state index contributed by atoms with van der Waals surface area (Å²) in [5.74, 6) is 0.407. The molecule has 2 aromatic rings. The number of phenols is 1. The van der Waals surface area contributed by atoms with Crippen LogP contribution < -0.4 is 0 Å². The molecule has 0 aliphatic rings. The average molecular weight is 322 g/mol. The van der Waals surface area contributed by atoms with E-state index in [1.165, 1.54) is 16.7 Å². The minimum atomic E-state index is -0.00530. The summed E-state index contributed by atoms with van der Waals surface area (Å²) >= 11 is 0. The van der Waals surface area contributed by atoms with E-state index in [-0.39, 0.29) is 10.8 Å². The van der Waals surface area contributed by atoms with Crippen LogP contribution in [0.2, 0.25) is 0 Å². The van der Waals surface area contributed by atoms with E-state index in [4.69, 9.17) is 0 Å². The highest BCUT2D eigenvalue weighted by Crippen LogP contribution is 2.37. The van der Waals surface area contributed by atoms with Crippen LogP contribution in [0.15, 0.2) is 48.5 Å². The van der Waals surface area contributed by atoms with Crippen LogP contribution in [-0.4, -0.2) is 5.11 Å². The van der Waals surface area contributed by atoms with E-state index in [0.717, 1.165) is 12.0 Å². The predicted octanol–water partition coefficient (Wildman–Crippen LogP) is 6.24. The highest BCUT2D eigenvalue weighted by atomic mass is 16.3. The van der Waals surface area contributed by atoms with Crippen LogP contribution in [0, 0.1) is 0 Å². The van der Waals surface area contributed by atoms with Crippen LogP contribution in [0.3, 0.4) is 0 Å². The van der Waals surface area contributed by atoms with Crippen LogP contribution >= 0.6 is 0 Å². The van der Waals surface area contributed by atoms with Gasteiger partial charge >= 0.3 is 0 Å². The smallest absolute Gasteiger partial charge is 0.119 e. The van der Waals surface area contributed by atoms with Crippen molar-refractivity contribution in [3.63, 3.8) is 0 Å². The van der Waals surface area contributed by atoms with Crippen molar-refractivity contribution >= 4 is 6.08 Å². The second kappa shape index (κ2) is 6.84. The summed E-state index contributed by atoms with van der Waals surface area (Å²) in [5.41, 5.74) is 4.64. The van der Waals surface area contributed by atoms with Gasteiger partial charge in [-0.25, -0.2) is 0 Å². The Kier molecular flexibility index (Phi) is 5.22. The summed E-state index contributed by atoms with van der Waals surface area (Å²) in [4.78, 5) is 0. The van der Waals surface area contributed by atoms with Gasteiger partial charge in [-0.2, -0.15) is 0 Å². The van der Waals surface area contributed by atoms with Crippen molar-refractivity contribution in [1.29, 1.82) is 0 Å². The molecule has 0 saturated heterocycles. The van der Waals surface area contributed by atoms with Crippen molar-refractivity contribution < 1.29 is 5.11 Å². The van der Waals surface area contributed by atoms with Crippen molar-refractivity contribution in [2.75, 3.05) is 0 Å². The molecule has 2 aromatic carbocycles. The van der Waals surface area contributed by atoms with E-state index in [0.29, 0.717) is 5.75 Å². The molecule has 0 radical (unpaired) electrons. The molecule has 0 aliphatic heterocycles. The first-order valence-electron chi connectivity index (χ1n) is 8.67. The third-order valence-corrected chi connectivity index (χ3v) is 4.33. The number of benzene rings is 2. The standard InChI is InChI=1S/C23H30O/c1-22(2,3)18-15-20(23(4,5)6)19(21(24)16-18)14-10-13-17-11-8-7-9-12-17/h7-13,15-16,24H,14H2,1-6H3/b13-10+. The molecule has 0 aromatic heterocycles. The summed E-state index contributed by atoms with van der Waals surface area (Å²) in [5, 5.41) is 10.7. The molecule has 0 spiro atoms. The molecule has 1 N–H and O–H groups in total. The van der Waals surface area contributed by atoms with Crippen molar-refractivity contribution in [2.24, 2.45) is 0 Å². The molecule has 24 heavy (non-hydrogen) atoms. The maximum absolute atomic E-state index is 10.7. The fourth-order valence-corrected chi connectivity index (χ4v) is 2.85. The fourth-order valence-electron chi connectivity index (χ4n) is 2.85. The van der Waals surface area contributed by atoms with E-state index in [2.05, 4.69) is 71.9 Å². The van der Waals surface area contributed by atoms with Gasteiger partial charge < -0.3 is 5.11 Å². The second-order valence-corrected chi connectivity index (χ2v) is 8.54. The van der Waals surface area contributed by atoms with E-state index >= 15 is 0 Å². The van der Waals surface area contributed by atoms with Crippen molar-refractivity contribution in [3.05, 3.63) is 70.8 Å². The van der Waals surface area contributed by atoms with E-state index < -0.39 is 0 Å². The second-order valence-electron chi connectivity index (χ2n) is 8.54. The van der Waals surface area contributed by atoms with Gasteiger partial charge in [0, 0.05) is 5.56 Å². The van der Waals surface area contributed by atoms with E-state index in [9.17, 15) is 5.11 Å². The lowest BCUT2D eigenvalue weighted by Gasteiger charge is -2.28. The van der Waals surface area contributed by atoms with Gasteiger partial charge in [0.1, 0.15) is 5.75 Å². The molecule has 0 amide bonds. The third kappa shape index (κ3) is 4.50. The number of phenolic OH excluding ortho intramolecular Hbond substituents is 1. The summed E-state index contributed by atoms with van der Waals surface area (Å²) in [6, 6.07) is 14.5. The zero-order valence-corrected chi connectivity index (χ0v) is 15.9. The van der Waals surface area contributed by atoms with Gasteiger partial charge in [0.15, 0.2) is 0 Å². The third-order valence-electron chi connectivity index (χ3n) is 4.33. The van der Waals surface area contributed by atoms with Crippen molar-refractivity contribution in [1.82, 2.24) is 0 Å². The number of allylic oxidation sites excluding steroid dienone is 1. The van der Waals surface area contributed by atoms with E-state index in [1.54, 1.807) is 0 Å². The molecular weight excluding hydrogens is 292 g/mol. The summed E-state index contributed by atoms with van der Waals surface area (Å²) in [6.45, 7) is 13.2. The van der Waals surface area contributed by atoms with Crippen LogP contribution in [0.25, 0.3) is 6.08 Å². The molecule has 0 atom stereocenters. The Bertz CT molecular complexity index is 710. The molecule has 0 unspecified atom stereocenters. The number of aromatic hydroxyl groups is 1. The maximum Gasteiger partial charge on any atom is 0.119 e. The summed E-state index contributed by atoms with van der Waals surface area (Å²) in [7, 11) is 0. The first kappa shape index (κ1) is 18.3. The minimum absolute atomic E-state index is 0.00530. The Morgan fingerprint density at radius 1 is 0.875 bits per heavy atom. The van der Waals surface area contributed by atoms with E-state index in [1.807, 2.05) is 24.3 Å². The fraction of sp³-hybridized carbons (Fsp3) is 0.391. The quantitative estimate of drug-likeness (QED) is 0.709. The number of hydrogen-bond donors (Lipinski definition) is 1. The Morgan fingerprint density at radius 3 is 2.04 bits per heavy atom. The van der Waals surface area contributed by atoms with Gasteiger partial charge in [0.05, 0.1) is 0 Å². The minimum Gasteiger partial charge on any atom is -0.508 e. The van der Waals surface area contributed by atoms with Crippen LogP contribution in [-0.2, 0) is 17.3 Å². The molecule has 0 saturated carbocycles. The van der Waals surface area contributed by atoms with Gasteiger partial charge in [-0.3, -0.25) is 0 Å². The molecular formula is C23H30O. The maximum atomic E-state index is 10.7.